The summed E-state index contributed by atoms with van der Waals surface area (Å²) in [6, 6.07) is 10.0. The smallest absolute Gasteiger partial charge is 0.276 e. The van der Waals surface area contributed by atoms with Gasteiger partial charge < -0.3 is 19.7 Å². The lowest BCUT2D eigenvalue weighted by Gasteiger charge is -2.33. The minimum atomic E-state index is -1.00. The number of halogens is 1. The second-order valence-corrected chi connectivity index (χ2v) is 9.27. The number of carbonyl (C=O) groups excluding carboxylic acids is 2. The van der Waals surface area contributed by atoms with Gasteiger partial charge in [0.2, 0.25) is 5.91 Å². The molecule has 0 saturated heterocycles. The average molecular weight is 513 g/mol. The molecular weight excluding hydrogens is 483 g/mol. The molecule has 1 unspecified atom stereocenters. The first kappa shape index (κ1) is 25.6. The maximum absolute atomic E-state index is 13.8. The first-order valence-electron chi connectivity index (χ1n) is 11.9. The van der Waals surface area contributed by atoms with Gasteiger partial charge in [0.1, 0.15) is 11.9 Å². The molecule has 1 atom stereocenters. The summed E-state index contributed by atoms with van der Waals surface area (Å²) in [5, 5.41) is 3.13. The SMILES string of the molecule is COc1ccc(CN(C(=O)c2cnsn2)C(C(=O)NC2CCCCC2)c2ccc(F)cc2)cc1OC. The van der Waals surface area contributed by atoms with E-state index in [0.717, 1.165) is 49.4 Å². The molecule has 0 spiro atoms. The Morgan fingerprint density at radius 2 is 1.81 bits per heavy atom. The Morgan fingerprint density at radius 1 is 1.08 bits per heavy atom. The molecule has 10 heteroatoms. The minimum absolute atomic E-state index is 0.0353. The van der Waals surface area contributed by atoms with Gasteiger partial charge in [0.05, 0.1) is 32.1 Å². The third kappa shape index (κ3) is 5.99. The number of hydrogen-bond acceptors (Lipinski definition) is 7. The number of nitrogens with one attached hydrogen (secondary N) is 1. The fourth-order valence-corrected chi connectivity index (χ4v) is 4.91. The summed E-state index contributed by atoms with van der Waals surface area (Å²) >= 11 is 0.915. The molecule has 2 aromatic carbocycles. The summed E-state index contributed by atoms with van der Waals surface area (Å²) in [5.41, 5.74) is 1.36. The van der Waals surface area contributed by atoms with Gasteiger partial charge >= 0.3 is 0 Å². The third-order valence-corrected chi connectivity index (χ3v) is 6.82. The van der Waals surface area contributed by atoms with Crippen LogP contribution in [-0.4, -0.2) is 45.7 Å². The van der Waals surface area contributed by atoms with E-state index in [1.807, 2.05) is 6.07 Å². The second-order valence-electron chi connectivity index (χ2n) is 8.71. The summed E-state index contributed by atoms with van der Waals surface area (Å²) in [7, 11) is 3.08. The number of rotatable bonds is 9. The van der Waals surface area contributed by atoms with E-state index in [1.165, 1.54) is 42.5 Å². The van der Waals surface area contributed by atoms with Gasteiger partial charge in [-0.15, -0.1) is 0 Å². The molecule has 4 rings (SSSR count). The highest BCUT2D eigenvalue weighted by atomic mass is 32.1. The molecule has 0 bridgehead atoms. The Hall–Kier alpha value is -3.53. The molecule has 1 saturated carbocycles. The van der Waals surface area contributed by atoms with Gasteiger partial charge in [-0.1, -0.05) is 37.5 Å². The summed E-state index contributed by atoms with van der Waals surface area (Å²) in [6.45, 7) is 0.0802. The fourth-order valence-electron chi connectivity index (χ4n) is 4.51. The van der Waals surface area contributed by atoms with Crippen molar-refractivity contribution in [3.05, 3.63) is 71.3 Å². The van der Waals surface area contributed by atoms with E-state index in [9.17, 15) is 14.0 Å². The van der Waals surface area contributed by atoms with E-state index >= 15 is 0 Å². The molecule has 1 N–H and O–H groups in total. The number of carbonyl (C=O) groups is 2. The fraction of sp³-hybridized carbons (Fsp3) is 0.385. The van der Waals surface area contributed by atoms with Crippen LogP contribution in [0.15, 0.2) is 48.7 Å². The van der Waals surface area contributed by atoms with Crippen molar-refractivity contribution in [1.29, 1.82) is 0 Å². The molecule has 1 aromatic heterocycles. The molecule has 0 aliphatic heterocycles. The monoisotopic (exact) mass is 512 g/mol. The van der Waals surface area contributed by atoms with Crippen molar-refractivity contribution in [3.63, 3.8) is 0 Å². The van der Waals surface area contributed by atoms with Gasteiger partial charge in [-0.05, 0) is 48.2 Å². The van der Waals surface area contributed by atoms with Crippen molar-refractivity contribution in [2.45, 2.75) is 50.7 Å². The van der Waals surface area contributed by atoms with Crippen LogP contribution in [0.3, 0.4) is 0 Å². The number of amides is 2. The topological polar surface area (TPSA) is 93.7 Å². The maximum atomic E-state index is 13.8. The Kier molecular flexibility index (Phi) is 8.48. The normalized spacial score (nSPS) is 14.6. The number of aromatic nitrogens is 2. The summed E-state index contributed by atoms with van der Waals surface area (Å²) in [6.07, 6.45) is 6.41. The second kappa shape index (κ2) is 11.9. The van der Waals surface area contributed by atoms with Gasteiger partial charge in [0.15, 0.2) is 17.2 Å². The zero-order valence-electron chi connectivity index (χ0n) is 20.3. The number of benzene rings is 2. The van der Waals surface area contributed by atoms with Gasteiger partial charge in [-0.3, -0.25) is 9.59 Å². The molecule has 0 radical (unpaired) electrons. The lowest BCUT2D eigenvalue weighted by molar-refractivity contribution is -0.127. The van der Waals surface area contributed by atoms with Crippen LogP contribution in [0.1, 0.15) is 59.8 Å². The van der Waals surface area contributed by atoms with E-state index in [4.69, 9.17) is 9.47 Å². The van der Waals surface area contributed by atoms with Gasteiger partial charge in [0.25, 0.3) is 5.91 Å². The summed E-state index contributed by atoms with van der Waals surface area (Å²) < 4.78 is 32.6. The van der Waals surface area contributed by atoms with E-state index < -0.39 is 17.8 Å². The number of hydrogen-bond donors (Lipinski definition) is 1. The maximum Gasteiger partial charge on any atom is 0.276 e. The largest absolute Gasteiger partial charge is 0.493 e. The standard InChI is InChI=1S/C26H29FN4O4S/c1-34-22-13-8-17(14-23(22)35-2)16-31(26(33)21-15-28-36-30-21)24(18-9-11-19(27)12-10-18)25(32)29-20-6-4-3-5-7-20/h8-15,20,24H,3-7,16H2,1-2H3,(H,29,32). The highest BCUT2D eigenvalue weighted by Gasteiger charge is 2.34. The van der Waals surface area contributed by atoms with Crippen molar-refractivity contribution in [2.24, 2.45) is 0 Å². The van der Waals surface area contributed by atoms with E-state index in [1.54, 1.807) is 19.2 Å². The Balaban J connectivity index is 1.74. The number of nitrogens with zero attached hydrogens (tertiary/aromatic N) is 3. The predicted molar refractivity (Wildman–Crippen MR) is 133 cm³/mol. The zero-order chi connectivity index (χ0) is 25.5. The quantitative estimate of drug-likeness (QED) is 0.453. The Bertz CT molecular complexity index is 1170. The molecular formula is C26H29FN4O4S. The highest BCUT2D eigenvalue weighted by molar-refractivity contribution is 6.99. The molecule has 1 aliphatic rings. The predicted octanol–water partition coefficient (Wildman–Crippen LogP) is 4.53. The average Bonchev–Trinajstić information content (AvgIpc) is 3.44. The summed E-state index contributed by atoms with van der Waals surface area (Å²) in [4.78, 5) is 28.9. The third-order valence-electron chi connectivity index (χ3n) is 6.34. The van der Waals surface area contributed by atoms with Gasteiger partial charge in [-0.2, -0.15) is 8.75 Å². The molecule has 36 heavy (non-hydrogen) atoms. The van der Waals surface area contributed by atoms with Crippen molar-refractivity contribution >= 4 is 23.5 Å². The minimum Gasteiger partial charge on any atom is -0.493 e. The zero-order valence-corrected chi connectivity index (χ0v) is 21.1. The van der Waals surface area contributed by atoms with E-state index in [-0.39, 0.29) is 24.2 Å². The van der Waals surface area contributed by atoms with Crippen molar-refractivity contribution in [1.82, 2.24) is 19.0 Å². The molecule has 2 amide bonds. The molecule has 1 aliphatic carbocycles. The Morgan fingerprint density at radius 3 is 2.44 bits per heavy atom. The van der Waals surface area contributed by atoms with Crippen molar-refractivity contribution in [3.8, 4) is 11.5 Å². The van der Waals surface area contributed by atoms with Crippen LogP contribution >= 0.6 is 11.7 Å². The number of ether oxygens (including phenoxy) is 2. The molecule has 1 fully saturated rings. The lowest BCUT2D eigenvalue weighted by atomic mass is 9.94. The van der Waals surface area contributed by atoms with Crippen LogP contribution in [0.5, 0.6) is 11.5 Å². The van der Waals surface area contributed by atoms with E-state index in [0.29, 0.717) is 17.1 Å². The first-order valence-corrected chi connectivity index (χ1v) is 12.6. The van der Waals surface area contributed by atoms with Crippen LogP contribution in [0.4, 0.5) is 4.39 Å². The van der Waals surface area contributed by atoms with Crippen LogP contribution < -0.4 is 14.8 Å². The molecule has 1 heterocycles. The van der Waals surface area contributed by atoms with Gasteiger partial charge in [0, 0.05) is 12.6 Å². The van der Waals surface area contributed by atoms with Crippen LogP contribution in [-0.2, 0) is 11.3 Å². The molecule has 8 nitrogen and oxygen atoms in total. The van der Waals surface area contributed by atoms with Crippen LogP contribution in [0.25, 0.3) is 0 Å². The van der Waals surface area contributed by atoms with E-state index in [2.05, 4.69) is 14.1 Å². The highest BCUT2D eigenvalue weighted by Crippen LogP contribution is 2.31. The number of methoxy groups -OCH3 is 2. The lowest BCUT2D eigenvalue weighted by Crippen LogP contribution is -2.47. The van der Waals surface area contributed by atoms with Crippen molar-refractivity contribution < 1.29 is 23.5 Å². The van der Waals surface area contributed by atoms with Crippen LogP contribution in [0, 0.1) is 5.82 Å². The van der Waals surface area contributed by atoms with Crippen LogP contribution in [0.2, 0.25) is 0 Å². The van der Waals surface area contributed by atoms with Crippen molar-refractivity contribution in [2.75, 3.05) is 14.2 Å². The molecule has 190 valence electrons. The summed E-state index contributed by atoms with van der Waals surface area (Å²) in [5.74, 6) is -0.139. The Labute approximate surface area is 213 Å². The first-order chi connectivity index (χ1) is 17.5. The van der Waals surface area contributed by atoms with Gasteiger partial charge in [-0.25, -0.2) is 4.39 Å². The molecule has 3 aromatic rings.